The van der Waals surface area contributed by atoms with Crippen molar-refractivity contribution in [3.05, 3.63) is 51.2 Å². The van der Waals surface area contributed by atoms with Crippen LogP contribution in [0.2, 0.25) is 5.02 Å². The van der Waals surface area contributed by atoms with Crippen molar-refractivity contribution in [3.63, 3.8) is 0 Å². The number of carbonyl (C=O) groups excluding carboxylic acids is 1. The quantitative estimate of drug-likeness (QED) is 0.941. The van der Waals surface area contributed by atoms with E-state index in [9.17, 15) is 4.79 Å². The van der Waals surface area contributed by atoms with Crippen LogP contribution in [0.5, 0.6) is 5.75 Å². The number of amides is 1. The first kappa shape index (κ1) is 14.4. The van der Waals surface area contributed by atoms with E-state index in [0.29, 0.717) is 16.3 Å². The number of nitrogens with one attached hydrogen (secondary N) is 1. The van der Waals surface area contributed by atoms with Gasteiger partial charge >= 0.3 is 0 Å². The zero-order valence-electron chi connectivity index (χ0n) is 10.6. The molecule has 2 aromatic rings. The molecule has 1 amide bonds. The van der Waals surface area contributed by atoms with Gasteiger partial charge in [0.2, 0.25) is 0 Å². The highest BCUT2D eigenvalue weighted by Crippen LogP contribution is 2.25. The molecular weight excluding hydrogens is 296 g/mol. The van der Waals surface area contributed by atoms with Crippen LogP contribution in [0.3, 0.4) is 0 Å². The summed E-state index contributed by atoms with van der Waals surface area (Å²) >= 11 is 7.38. The summed E-state index contributed by atoms with van der Waals surface area (Å²) in [6, 6.07) is 7.91. The van der Waals surface area contributed by atoms with Gasteiger partial charge in [-0.15, -0.1) is 0 Å². The first-order valence-electron chi connectivity index (χ1n) is 5.72. The number of halogens is 1. The molecule has 0 aliphatic rings. The average Bonchev–Trinajstić information content (AvgIpc) is 2.99. The molecule has 0 spiro atoms. The predicted octanol–water partition coefficient (Wildman–Crippen LogP) is 3.40. The van der Waals surface area contributed by atoms with Gasteiger partial charge in [-0.1, -0.05) is 11.6 Å². The maximum atomic E-state index is 12.1. The number of carbonyl (C=O) groups is 1. The molecule has 6 heteroatoms. The second-order valence-electron chi connectivity index (χ2n) is 3.94. The van der Waals surface area contributed by atoms with Crippen LogP contribution in [0.1, 0.15) is 22.0 Å². The van der Waals surface area contributed by atoms with Crippen LogP contribution < -0.4 is 10.1 Å². The highest BCUT2D eigenvalue weighted by Gasteiger charge is 2.16. The Kier molecular flexibility index (Phi) is 4.61. The Morgan fingerprint density at radius 1 is 1.50 bits per heavy atom. The van der Waals surface area contributed by atoms with E-state index in [1.165, 1.54) is 18.4 Å². The monoisotopic (exact) mass is 306 g/mol. The summed E-state index contributed by atoms with van der Waals surface area (Å²) < 4.78 is 5.06. The van der Waals surface area contributed by atoms with Gasteiger partial charge in [0, 0.05) is 5.56 Å². The summed E-state index contributed by atoms with van der Waals surface area (Å²) in [4.78, 5) is 12.1. The SMILES string of the molecule is COc1cc(C(=O)N[C@H](C#N)c2ccsc2)ccc1Cl. The molecule has 0 saturated carbocycles. The van der Waals surface area contributed by atoms with Gasteiger partial charge in [0.15, 0.2) is 0 Å². The van der Waals surface area contributed by atoms with Gasteiger partial charge in [-0.05, 0) is 40.6 Å². The highest BCUT2D eigenvalue weighted by molar-refractivity contribution is 7.08. The maximum absolute atomic E-state index is 12.1. The third-order valence-corrected chi connectivity index (χ3v) is 3.71. The van der Waals surface area contributed by atoms with E-state index in [2.05, 4.69) is 11.4 Å². The van der Waals surface area contributed by atoms with Crippen molar-refractivity contribution < 1.29 is 9.53 Å². The van der Waals surface area contributed by atoms with Crippen molar-refractivity contribution in [2.24, 2.45) is 0 Å². The van der Waals surface area contributed by atoms with Crippen LogP contribution in [-0.2, 0) is 0 Å². The number of benzene rings is 1. The molecule has 102 valence electrons. The van der Waals surface area contributed by atoms with Gasteiger partial charge in [0.25, 0.3) is 5.91 Å². The van der Waals surface area contributed by atoms with E-state index < -0.39 is 6.04 Å². The molecule has 0 fully saturated rings. The molecule has 4 nitrogen and oxygen atoms in total. The Balaban J connectivity index is 2.18. The molecule has 1 atom stereocenters. The van der Waals surface area contributed by atoms with E-state index in [-0.39, 0.29) is 5.91 Å². The third-order valence-electron chi connectivity index (χ3n) is 2.69. The lowest BCUT2D eigenvalue weighted by atomic mass is 10.1. The minimum absolute atomic E-state index is 0.349. The Hall–Kier alpha value is -2.03. The van der Waals surface area contributed by atoms with Gasteiger partial charge in [-0.3, -0.25) is 4.79 Å². The number of nitriles is 1. The van der Waals surface area contributed by atoms with Gasteiger partial charge in [0.1, 0.15) is 11.8 Å². The largest absolute Gasteiger partial charge is 0.495 e. The van der Waals surface area contributed by atoms with Crippen molar-refractivity contribution >= 4 is 28.8 Å². The van der Waals surface area contributed by atoms with E-state index in [1.54, 1.807) is 24.3 Å². The van der Waals surface area contributed by atoms with Gasteiger partial charge in [-0.2, -0.15) is 16.6 Å². The molecule has 1 aromatic carbocycles. The molecule has 0 aliphatic heterocycles. The van der Waals surface area contributed by atoms with Crippen LogP contribution in [0.4, 0.5) is 0 Å². The van der Waals surface area contributed by atoms with E-state index in [0.717, 1.165) is 5.56 Å². The number of hydrogen-bond donors (Lipinski definition) is 1. The second-order valence-corrected chi connectivity index (χ2v) is 5.13. The van der Waals surface area contributed by atoms with Gasteiger partial charge in [0.05, 0.1) is 18.2 Å². The van der Waals surface area contributed by atoms with Crippen molar-refractivity contribution in [2.45, 2.75) is 6.04 Å². The minimum Gasteiger partial charge on any atom is -0.495 e. The molecule has 2 rings (SSSR count). The van der Waals surface area contributed by atoms with Gasteiger partial charge < -0.3 is 10.1 Å². The average molecular weight is 307 g/mol. The first-order chi connectivity index (χ1) is 9.65. The first-order valence-corrected chi connectivity index (χ1v) is 7.04. The van der Waals surface area contributed by atoms with Gasteiger partial charge in [-0.25, -0.2) is 0 Å². The number of rotatable bonds is 4. The van der Waals surface area contributed by atoms with E-state index in [4.69, 9.17) is 21.6 Å². The van der Waals surface area contributed by atoms with Crippen LogP contribution in [0, 0.1) is 11.3 Å². The molecule has 0 radical (unpaired) electrons. The summed E-state index contributed by atoms with van der Waals surface area (Å²) in [5, 5.41) is 15.9. The molecule has 1 aromatic heterocycles. The molecule has 0 aliphatic carbocycles. The zero-order chi connectivity index (χ0) is 14.5. The maximum Gasteiger partial charge on any atom is 0.252 e. The topological polar surface area (TPSA) is 62.1 Å². The fraction of sp³-hybridized carbons (Fsp3) is 0.143. The predicted molar refractivity (Wildman–Crippen MR) is 78.1 cm³/mol. The molecule has 1 heterocycles. The minimum atomic E-state index is -0.671. The summed E-state index contributed by atoms with van der Waals surface area (Å²) in [6.45, 7) is 0. The number of methoxy groups -OCH3 is 1. The van der Waals surface area contributed by atoms with Crippen LogP contribution in [-0.4, -0.2) is 13.0 Å². The van der Waals surface area contributed by atoms with Crippen molar-refractivity contribution in [1.29, 1.82) is 5.26 Å². The van der Waals surface area contributed by atoms with Crippen LogP contribution in [0.25, 0.3) is 0 Å². The zero-order valence-corrected chi connectivity index (χ0v) is 12.2. The Bertz CT molecular complexity index is 650. The summed E-state index contributed by atoms with van der Waals surface area (Å²) in [7, 11) is 1.48. The standard InChI is InChI=1S/C14H11ClN2O2S/c1-19-13-6-9(2-3-11(13)15)14(18)17-12(7-16)10-4-5-20-8-10/h2-6,8,12H,1H3,(H,17,18)/t12-/m1/s1. The number of thiophene rings is 1. The highest BCUT2D eigenvalue weighted by atomic mass is 35.5. The summed E-state index contributed by atoms with van der Waals surface area (Å²) in [5.41, 5.74) is 1.16. The molecule has 1 N–H and O–H groups in total. The Morgan fingerprint density at radius 2 is 2.30 bits per heavy atom. The van der Waals surface area contributed by atoms with Crippen molar-refractivity contribution in [3.8, 4) is 11.8 Å². The Morgan fingerprint density at radius 3 is 2.90 bits per heavy atom. The second kappa shape index (κ2) is 6.42. The van der Waals surface area contributed by atoms with E-state index in [1.807, 2.05) is 10.8 Å². The lowest BCUT2D eigenvalue weighted by Gasteiger charge is -2.11. The fourth-order valence-electron chi connectivity index (χ4n) is 1.64. The fourth-order valence-corrected chi connectivity index (χ4v) is 2.53. The number of hydrogen-bond acceptors (Lipinski definition) is 4. The molecule has 0 unspecified atom stereocenters. The Labute approximate surface area is 125 Å². The van der Waals surface area contributed by atoms with Crippen LogP contribution >= 0.6 is 22.9 Å². The molecular formula is C14H11ClN2O2S. The van der Waals surface area contributed by atoms with E-state index >= 15 is 0 Å². The summed E-state index contributed by atoms with van der Waals surface area (Å²) in [6.07, 6.45) is 0. The third kappa shape index (κ3) is 3.10. The van der Waals surface area contributed by atoms with Crippen LogP contribution in [0.15, 0.2) is 35.0 Å². The number of nitrogens with zero attached hydrogens (tertiary/aromatic N) is 1. The molecule has 20 heavy (non-hydrogen) atoms. The molecule has 0 saturated heterocycles. The van der Waals surface area contributed by atoms with Crippen molar-refractivity contribution in [1.82, 2.24) is 5.32 Å². The smallest absolute Gasteiger partial charge is 0.252 e. The normalized spacial score (nSPS) is 11.4. The lowest BCUT2D eigenvalue weighted by molar-refractivity contribution is 0.0945. The number of ether oxygens (including phenoxy) is 1. The van der Waals surface area contributed by atoms with Crippen molar-refractivity contribution in [2.75, 3.05) is 7.11 Å². The lowest BCUT2D eigenvalue weighted by Crippen LogP contribution is -2.27. The summed E-state index contributed by atoms with van der Waals surface area (Å²) in [5.74, 6) is 0.0704. The molecule has 0 bridgehead atoms.